The Morgan fingerprint density at radius 1 is 1.23 bits per heavy atom. The Morgan fingerprint density at radius 3 is 2.54 bits per heavy atom. The van der Waals surface area contributed by atoms with Crippen LogP contribution in [0.25, 0.3) is 0 Å². The van der Waals surface area contributed by atoms with E-state index < -0.39 is 5.97 Å². The van der Waals surface area contributed by atoms with Gasteiger partial charge in [-0.15, -0.1) is 11.3 Å². The van der Waals surface area contributed by atoms with Gasteiger partial charge < -0.3 is 10.0 Å². The summed E-state index contributed by atoms with van der Waals surface area (Å²) in [7, 11) is 0. The second-order valence-electron chi connectivity index (χ2n) is 6.80. The smallest absolute Gasteiger partial charge is 0.335 e. The van der Waals surface area contributed by atoms with Crippen molar-refractivity contribution in [3.05, 3.63) is 56.7 Å². The van der Waals surface area contributed by atoms with Crippen LogP contribution in [0.15, 0.2) is 36.4 Å². The normalized spacial score (nSPS) is 16.5. The Labute approximate surface area is 162 Å². The highest BCUT2D eigenvalue weighted by atomic mass is 35.5. The van der Waals surface area contributed by atoms with Crippen LogP contribution < -0.4 is 0 Å². The first-order valence-corrected chi connectivity index (χ1v) is 10.0. The molecule has 0 spiro atoms. The van der Waals surface area contributed by atoms with Crippen LogP contribution in [0.1, 0.15) is 46.5 Å². The van der Waals surface area contributed by atoms with Crippen LogP contribution in [0, 0.1) is 5.92 Å². The molecule has 1 fully saturated rings. The number of aromatic carboxylic acids is 1. The number of thiophene rings is 1. The summed E-state index contributed by atoms with van der Waals surface area (Å²) in [5, 5.41) is 9.32. The van der Waals surface area contributed by atoms with Gasteiger partial charge in [0, 0.05) is 18.0 Å². The zero-order valence-electron chi connectivity index (χ0n) is 14.7. The zero-order valence-corrected chi connectivity index (χ0v) is 16.2. The summed E-state index contributed by atoms with van der Waals surface area (Å²) in [6.45, 7) is 3.38. The first-order valence-electron chi connectivity index (χ1n) is 8.81. The molecule has 26 heavy (non-hydrogen) atoms. The lowest BCUT2D eigenvalue weighted by atomic mass is 9.88. The molecule has 1 N–H and O–H groups in total. The third-order valence-electron chi connectivity index (χ3n) is 5.07. The molecule has 1 amide bonds. The van der Waals surface area contributed by atoms with Gasteiger partial charge in [-0.3, -0.25) is 4.79 Å². The van der Waals surface area contributed by atoms with Crippen molar-refractivity contribution in [3.8, 4) is 0 Å². The van der Waals surface area contributed by atoms with Crippen molar-refractivity contribution < 1.29 is 14.7 Å². The average molecular weight is 392 g/mol. The second kappa shape index (κ2) is 8.23. The molecule has 138 valence electrons. The molecule has 2 aromatic rings. The van der Waals surface area contributed by atoms with Crippen molar-refractivity contribution in [2.24, 2.45) is 5.92 Å². The minimum Gasteiger partial charge on any atom is -0.478 e. The second-order valence-corrected chi connectivity index (χ2v) is 8.55. The largest absolute Gasteiger partial charge is 0.478 e. The molecule has 1 aliphatic heterocycles. The number of carboxylic acid groups (broad SMARTS) is 1. The minimum atomic E-state index is -0.878. The van der Waals surface area contributed by atoms with Crippen molar-refractivity contribution in [1.29, 1.82) is 0 Å². The molecule has 0 bridgehead atoms. The van der Waals surface area contributed by atoms with E-state index >= 15 is 0 Å². The van der Waals surface area contributed by atoms with Crippen LogP contribution in [-0.4, -0.2) is 35.0 Å². The minimum absolute atomic E-state index is 0.146. The average Bonchev–Trinajstić information content (AvgIpc) is 3.08. The first-order chi connectivity index (χ1) is 12.5. The standard InChI is InChI=1S/C20H22ClNO3S/c1-13(17-6-7-18(21)26-17)19(23)22-10-8-14(9-11-22)12-15-4-2-3-5-16(15)20(24)25/h2-7,13-14H,8-12H2,1H3,(H,24,25). The maximum absolute atomic E-state index is 12.7. The molecule has 3 rings (SSSR count). The highest BCUT2D eigenvalue weighted by Crippen LogP contribution is 2.31. The molecule has 0 aliphatic carbocycles. The molecule has 0 saturated carbocycles. The number of piperidine rings is 1. The van der Waals surface area contributed by atoms with Crippen molar-refractivity contribution >= 4 is 34.8 Å². The molecule has 4 nitrogen and oxygen atoms in total. The number of likely N-dealkylation sites (tertiary alicyclic amines) is 1. The van der Waals surface area contributed by atoms with Gasteiger partial charge in [-0.1, -0.05) is 29.8 Å². The Kier molecular flexibility index (Phi) is 5.99. The topological polar surface area (TPSA) is 57.6 Å². The maximum atomic E-state index is 12.7. The van der Waals surface area contributed by atoms with Crippen molar-refractivity contribution in [2.45, 2.75) is 32.1 Å². The van der Waals surface area contributed by atoms with E-state index in [1.165, 1.54) is 11.3 Å². The summed E-state index contributed by atoms with van der Waals surface area (Å²) < 4.78 is 0.704. The number of carbonyl (C=O) groups is 2. The number of benzene rings is 1. The molecule has 6 heteroatoms. The highest BCUT2D eigenvalue weighted by Gasteiger charge is 2.28. The zero-order chi connectivity index (χ0) is 18.7. The SMILES string of the molecule is CC(C(=O)N1CCC(Cc2ccccc2C(=O)O)CC1)c1ccc(Cl)s1. The number of hydrogen-bond donors (Lipinski definition) is 1. The van der Waals surface area contributed by atoms with E-state index in [4.69, 9.17) is 11.6 Å². The van der Waals surface area contributed by atoms with E-state index in [1.54, 1.807) is 12.1 Å². The van der Waals surface area contributed by atoms with Crippen molar-refractivity contribution in [2.75, 3.05) is 13.1 Å². The number of rotatable bonds is 5. The number of carboxylic acids is 1. The van der Waals surface area contributed by atoms with Crippen LogP contribution in [0.4, 0.5) is 0 Å². The van der Waals surface area contributed by atoms with Crippen LogP contribution in [0.3, 0.4) is 0 Å². The molecule has 2 heterocycles. The van der Waals surface area contributed by atoms with E-state index in [0.717, 1.165) is 42.8 Å². The number of hydrogen-bond acceptors (Lipinski definition) is 3. The van der Waals surface area contributed by atoms with E-state index in [-0.39, 0.29) is 11.8 Å². The van der Waals surface area contributed by atoms with Gasteiger partial charge in [0.25, 0.3) is 0 Å². The lowest BCUT2D eigenvalue weighted by molar-refractivity contribution is -0.133. The van der Waals surface area contributed by atoms with Crippen molar-refractivity contribution in [3.63, 3.8) is 0 Å². The van der Waals surface area contributed by atoms with E-state index in [9.17, 15) is 14.7 Å². The lowest BCUT2D eigenvalue weighted by Gasteiger charge is -2.33. The van der Waals surface area contributed by atoms with Gasteiger partial charge in [0.1, 0.15) is 0 Å². The summed E-state index contributed by atoms with van der Waals surface area (Å²) in [6.07, 6.45) is 2.55. The van der Waals surface area contributed by atoms with Crippen LogP contribution >= 0.6 is 22.9 Å². The highest BCUT2D eigenvalue weighted by molar-refractivity contribution is 7.16. The molecule has 0 radical (unpaired) electrons. The summed E-state index contributed by atoms with van der Waals surface area (Å²) in [5.41, 5.74) is 1.26. The van der Waals surface area contributed by atoms with Gasteiger partial charge in [-0.25, -0.2) is 4.79 Å². The Morgan fingerprint density at radius 2 is 1.92 bits per heavy atom. The predicted octanol–water partition coefficient (Wildman–Crippen LogP) is 4.68. The van der Waals surface area contributed by atoms with Crippen LogP contribution in [0.2, 0.25) is 4.34 Å². The Balaban J connectivity index is 1.58. The molecule has 1 unspecified atom stereocenters. The molecule has 1 saturated heterocycles. The fraction of sp³-hybridized carbons (Fsp3) is 0.400. The van der Waals surface area contributed by atoms with Gasteiger partial charge in [0.15, 0.2) is 0 Å². The van der Waals surface area contributed by atoms with Crippen molar-refractivity contribution in [1.82, 2.24) is 4.90 Å². The van der Waals surface area contributed by atoms with E-state index in [1.807, 2.05) is 36.1 Å². The number of halogens is 1. The molecule has 1 aliphatic rings. The van der Waals surface area contributed by atoms with Gasteiger partial charge in [0.2, 0.25) is 5.91 Å². The van der Waals surface area contributed by atoms with Gasteiger partial charge in [0.05, 0.1) is 15.8 Å². The fourth-order valence-corrected chi connectivity index (χ4v) is 4.64. The number of nitrogens with zero attached hydrogens (tertiary/aromatic N) is 1. The number of carbonyl (C=O) groups excluding carboxylic acids is 1. The number of amides is 1. The molecular formula is C20H22ClNO3S. The third kappa shape index (κ3) is 4.27. The molecule has 1 atom stereocenters. The summed E-state index contributed by atoms with van der Waals surface area (Å²) >= 11 is 7.44. The molecule has 1 aromatic carbocycles. The third-order valence-corrected chi connectivity index (χ3v) is 6.49. The van der Waals surface area contributed by atoms with Crippen LogP contribution in [-0.2, 0) is 11.2 Å². The van der Waals surface area contributed by atoms with Gasteiger partial charge >= 0.3 is 5.97 Å². The first kappa shape index (κ1) is 18.9. The summed E-state index contributed by atoms with van der Waals surface area (Å²) in [6, 6.07) is 10.9. The summed E-state index contributed by atoms with van der Waals surface area (Å²) in [5.74, 6) is -0.493. The predicted molar refractivity (Wildman–Crippen MR) is 104 cm³/mol. The van der Waals surface area contributed by atoms with Crippen LogP contribution in [0.5, 0.6) is 0 Å². The van der Waals surface area contributed by atoms with E-state index in [0.29, 0.717) is 15.8 Å². The van der Waals surface area contributed by atoms with Gasteiger partial charge in [-0.05, 0) is 55.9 Å². The maximum Gasteiger partial charge on any atom is 0.335 e. The Bertz CT molecular complexity index is 796. The summed E-state index contributed by atoms with van der Waals surface area (Å²) in [4.78, 5) is 27.0. The molecular weight excluding hydrogens is 370 g/mol. The quantitative estimate of drug-likeness (QED) is 0.804. The van der Waals surface area contributed by atoms with E-state index in [2.05, 4.69) is 0 Å². The molecule has 1 aromatic heterocycles. The monoisotopic (exact) mass is 391 g/mol. The lowest BCUT2D eigenvalue weighted by Crippen LogP contribution is -2.40. The Hall–Kier alpha value is -1.85. The van der Waals surface area contributed by atoms with Gasteiger partial charge in [-0.2, -0.15) is 0 Å². The fourth-order valence-electron chi connectivity index (χ4n) is 3.53.